The molecule has 5 nitrogen and oxygen atoms in total. The predicted octanol–water partition coefficient (Wildman–Crippen LogP) is 3.51. The van der Waals surface area contributed by atoms with Gasteiger partial charge in [-0.25, -0.2) is 13.1 Å². The van der Waals surface area contributed by atoms with Crippen molar-refractivity contribution in [2.75, 3.05) is 4.90 Å². The maximum absolute atomic E-state index is 12.6. The van der Waals surface area contributed by atoms with E-state index in [1.807, 2.05) is 13.8 Å². The van der Waals surface area contributed by atoms with Crippen molar-refractivity contribution in [3.63, 3.8) is 0 Å². The van der Waals surface area contributed by atoms with Gasteiger partial charge < -0.3 is 4.90 Å². The number of nitrogens with zero attached hydrogens (tertiary/aromatic N) is 1. The second-order valence-corrected chi connectivity index (χ2v) is 8.62. The van der Waals surface area contributed by atoms with E-state index in [1.54, 1.807) is 47.4 Å². The maximum Gasteiger partial charge on any atom is 0.240 e. The maximum atomic E-state index is 12.6. The van der Waals surface area contributed by atoms with Crippen molar-refractivity contribution >= 4 is 33.2 Å². The molecule has 1 aliphatic heterocycles. The minimum Gasteiger partial charge on any atom is -0.309 e. The van der Waals surface area contributed by atoms with E-state index < -0.39 is 10.0 Å². The summed E-state index contributed by atoms with van der Waals surface area (Å²) in [6, 6.07) is 12.0. The van der Waals surface area contributed by atoms with Gasteiger partial charge in [0.15, 0.2) is 0 Å². The molecule has 0 aromatic heterocycles. The number of carbonyl (C=O) groups excluding carboxylic acids is 1. The number of halogens is 1. The highest BCUT2D eigenvalue weighted by molar-refractivity contribution is 7.89. The molecule has 1 amide bonds. The first-order valence-corrected chi connectivity index (χ1v) is 10.4. The third-order valence-electron chi connectivity index (χ3n) is 4.53. The molecule has 0 aliphatic carbocycles. The lowest BCUT2D eigenvalue weighted by Gasteiger charge is -2.22. The minimum absolute atomic E-state index is 0.0393. The van der Waals surface area contributed by atoms with E-state index in [0.717, 1.165) is 16.8 Å². The number of sulfonamides is 1. The lowest BCUT2D eigenvalue weighted by atomic mass is 10.1. The molecule has 2 aromatic carbocycles. The fourth-order valence-electron chi connectivity index (χ4n) is 3.19. The highest BCUT2D eigenvalue weighted by Gasteiger charge is 2.31. The summed E-state index contributed by atoms with van der Waals surface area (Å²) in [6.07, 6.45) is 1.08. The van der Waals surface area contributed by atoms with Crippen molar-refractivity contribution in [2.24, 2.45) is 0 Å². The summed E-state index contributed by atoms with van der Waals surface area (Å²) in [4.78, 5) is 14.1. The lowest BCUT2D eigenvalue weighted by molar-refractivity contribution is -0.118. The predicted molar refractivity (Wildman–Crippen MR) is 103 cm³/mol. The smallest absolute Gasteiger partial charge is 0.240 e. The van der Waals surface area contributed by atoms with Crippen LogP contribution in [0, 0.1) is 0 Å². The Morgan fingerprint density at radius 2 is 1.92 bits per heavy atom. The van der Waals surface area contributed by atoms with Crippen molar-refractivity contribution in [3.05, 3.63) is 58.6 Å². The van der Waals surface area contributed by atoms with Gasteiger partial charge in [-0.2, -0.15) is 0 Å². The van der Waals surface area contributed by atoms with Gasteiger partial charge in [-0.1, -0.05) is 30.7 Å². The van der Waals surface area contributed by atoms with Crippen LogP contribution in [0.3, 0.4) is 0 Å². The summed E-state index contributed by atoms with van der Waals surface area (Å²) in [5.41, 5.74) is 2.52. The van der Waals surface area contributed by atoms with Gasteiger partial charge in [0.1, 0.15) is 0 Å². The van der Waals surface area contributed by atoms with Gasteiger partial charge in [0.25, 0.3) is 0 Å². The van der Waals surface area contributed by atoms with Gasteiger partial charge in [0, 0.05) is 29.7 Å². The largest absolute Gasteiger partial charge is 0.309 e. The van der Waals surface area contributed by atoms with Crippen molar-refractivity contribution in [1.82, 2.24) is 4.72 Å². The van der Waals surface area contributed by atoms with E-state index >= 15 is 0 Å². The molecule has 3 rings (SSSR count). The molecule has 0 unspecified atom stereocenters. The molecule has 0 spiro atoms. The zero-order chi connectivity index (χ0) is 18.9. The molecule has 0 radical (unpaired) electrons. The van der Waals surface area contributed by atoms with Crippen LogP contribution in [-0.2, 0) is 27.8 Å². The molecular weight excluding hydrogens is 372 g/mol. The molecule has 1 N–H and O–H groups in total. The van der Waals surface area contributed by atoms with Crippen molar-refractivity contribution < 1.29 is 13.2 Å². The van der Waals surface area contributed by atoms with Crippen LogP contribution in [0.5, 0.6) is 0 Å². The Labute approximate surface area is 159 Å². The third-order valence-corrected chi connectivity index (χ3v) is 6.18. The van der Waals surface area contributed by atoms with Crippen LogP contribution in [0.15, 0.2) is 47.4 Å². The molecule has 7 heteroatoms. The van der Waals surface area contributed by atoms with E-state index in [1.165, 1.54) is 0 Å². The second kappa shape index (κ2) is 7.39. The molecule has 0 saturated heterocycles. The standard InChI is InChI=1S/C19H21ClN2O3S/c1-3-19(23)22-13(2)10-15-11-17(8-9-18(15)22)26(24,25)21-12-14-4-6-16(20)7-5-14/h4-9,11,13,21H,3,10,12H2,1-2H3/t13-/m1/s1. The number of fused-ring (bicyclic) bond motifs is 1. The highest BCUT2D eigenvalue weighted by atomic mass is 35.5. The number of benzene rings is 2. The Hall–Kier alpha value is -1.89. The summed E-state index contributed by atoms with van der Waals surface area (Å²) in [6.45, 7) is 3.99. The molecule has 138 valence electrons. The van der Waals surface area contributed by atoms with E-state index in [0.29, 0.717) is 17.9 Å². The number of carbonyl (C=O) groups is 1. The van der Waals surface area contributed by atoms with Gasteiger partial charge in [-0.15, -0.1) is 0 Å². The first-order chi connectivity index (χ1) is 12.3. The molecule has 1 aliphatic rings. The van der Waals surface area contributed by atoms with Gasteiger partial charge in [-0.05, 0) is 54.8 Å². The molecule has 1 atom stereocenters. The number of nitrogens with one attached hydrogen (secondary N) is 1. The fourth-order valence-corrected chi connectivity index (χ4v) is 4.38. The van der Waals surface area contributed by atoms with Crippen LogP contribution in [0.25, 0.3) is 0 Å². The van der Waals surface area contributed by atoms with Crippen LogP contribution in [0.4, 0.5) is 5.69 Å². The first-order valence-electron chi connectivity index (χ1n) is 8.51. The zero-order valence-electron chi connectivity index (χ0n) is 14.7. The summed E-state index contributed by atoms with van der Waals surface area (Å²) in [5, 5.41) is 0.607. The Morgan fingerprint density at radius 1 is 1.23 bits per heavy atom. The lowest BCUT2D eigenvalue weighted by Crippen LogP contribution is -2.35. The number of rotatable bonds is 5. The molecule has 0 saturated carbocycles. The average molecular weight is 393 g/mol. The normalized spacial score (nSPS) is 16.6. The summed E-state index contributed by atoms with van der Waals surface area (Å²) in [5.74, 6) is 0.0488. The Kier molecular flexibility index (Phi) is 5.37. The Balaban J connectivity index is 1.80. The van der Waals surface area contributed by atoms with E-state index in [4.69, 9.17) is 11.6 Å². The summed E-state index contributed by atoms with van der Waals surface area (Å²) >= 11 is 5.84. The van der Waals surface area contributed by atoms with Crippen LogP contribution < -0.4 is 9.62 Å². The number of hydrogen-bond acceptors (Lipinski definition) is 3. The first kappa shape index (κ1) is 18.9. The average Bonchev–Trinajstić information content (AvgIpc) is 2.95. The van der Waals surface area contributed by atoms with Crippen molar-refractivity contribution in [1.29, 1.82) is 0 Å². The molecule has 2 aromatic rings. The van der Waals surface area contributed by atoms with Crippen LogP contribution in [-0.4, -0.2) is 20.4 Å². The van der Waals surface area contributed by atoms with E-state index in [-0.39, 0.29) is 23.4 Å². The molecular formula is C19H21ClN2O3S. The van der Waals surface area contributed by atoms with E-state index in [2.05, 4.69) is 4.72 Å². The van der Waals surface area contributed by atoms with Crippen LogP contribution in [0.2, 0.25) is 5.02 Å². The van der Waals surface area contributed by atoms with Gasteiger partial charge in [0.05, 0.1) is 4.90 Å². The second-order valence-electron chi connectivity index (χ2n) is 6.41. The van der Waals surface area contributed by atoms with Crippen LogP contribution >= 0.6 is 11.6 Å². The topological polar surface area (TPSA) is 66.5 Å². The van der Waals surface area contributed by atoms with Crippen molar-refractivity contribution in [3.8, 4) is 0 Å². The summed E-state index contributed by atoms with van der Waals surface area (Å²) < 4.78 is 27.8. The van der Waals surface area contributed by atoms with Gasteiger partial charge in [0.2, 0.25) is 15.9 Å². The molecule has 0 bridgehead atoms. The fraction of sp³-hybridized carbons (Fsp3) is 0.316. The monoisotopic (exact) mass is 392 g/mol. The minimum atomic E-state index is -3.64. The zero-order valence-corrected chi connectivity index (χ0v) is 16.3. The Morgan fingerprint density at radius 3 is 2.58 bits per heavy atom. The molecule has 0 fully saturated rings. The molecule has 1 heterocycles. The van der Waals surface area contributed by atoms with Gasteiger partial charge in [-0.3, -0.25) is 4.79 Å². The third kappa shape index (κ3) is 3.77. The van der Waals surface area contributed by atoms with Crippen molar-refractivity contribution in [2.45, 2.75) is 44.2 Å². The summed E-state index contributed by atoms with van der Waals surface area (Å²) in [7, 11) is -3.64. The molecule has 26 heavy (non-hydrogen) atoms. The van der Waals surface area contributed by atoms with E-state index in [9.17, 15) is 13.2 Å². The highest BCUT2D eigenvalue weighted by Crippen LogP contribution is 2.34. The number of anilines is 1. The number of amides is 1. The van der Waals surface area contributed by atoms with Crippen LogP contribution in [0.1, 0.15) is 31.4 Å². The van der Waals surface area contributed by atoms with Gasteiger partial charge >= 0.3 is 0 Å². The quantitative estimate of drug-likeness (QED) is 0.846. The number of hydrogen-bond donors (Lipinski definition) is 1. The SMILES string of the molecule is CCC(=O)N1c2ccc(S(=O)(=O)NCc3ccc(Cl)cc3)cc2C[C@H]1C. The Bertz CT molecular complexity index is 926.